The van der Waals surface area contributed by atoms with Crippen LogP contribution < -0.4 is 20.1 Å². The first-order valence-electron chi connectivity index (χ1n) is 9.40. The smallest absolute Gasteiger partial charge is 0.255 e. The highest BCUT2D eigenvalue weighted by atomic mass is 16.5. The van der Waals surface area contributed by atoms with Gasteiger partial charge in [-0.2, -0.15) is 0 Å². The number of benzene rings is 2. The molecule has 0 unspecified atom stereocenters. The van der Waals surface area contributed by atoms with Crippen LogP contribution in [0.2, 0.25) is 0 Å². The summed E-state index contributed by atoms with van der Waals surface area (Å²) < 4.78 is 10.8. The minimum Gasteiger partial charge on any atom is -0.496 e. The second kappa shape index (κ2) is 10.3. The van der Waals surface area contributed by atoms with Gasteiger partial charge in [0.2, 0.25) is 5.91 Å². The molecule has 0 spiro atoms. The maximum atomic E-state index is 12.7. The van der Waals surface area contributed by atoms with Gasteiger partial charge in [-0.1, -0.05) is 44.2 Å². The zero-order valence-corrected chi connectivity index (χ0v) is 16.8. The van der Waals surface area contributed by atoms with Gasteiger partial charge in [0.25, 0.3) is 5.91 Å². The number of amides is 2. The summed E-state index contributed by atoms with van der Waals surface area (Å²) in [5.41, 5.74) is 1.28. The average molecular weight is 384 g/mol. The fourth-order valence-electron chi connectivity index (χ4n) is 2.83. The molecule has 2 aromatic rings. The monoisotopic (exact) mass is 384 g/mol. The van der Waals surface area contributed by atoms with Crippen molar-refractivity contribution in [2.24, 2.45) is 5.92 Å². The van der Waals surface area contributed by atoms with E-state index in [2.05, 4.69) is 10.6 Å². The lowest BCUT2D eigenvalue weighted by Crippen LogP contribution is -2.49. The minimum atomic E-state index is -0.670. The van der Waals surface area contributed by atoms with Crippen molar-refractivity contribution in [3.63, 3.8) is 0 Å². The second-order valence-corrected chi connectivity index (χ2v) is 6.65. The van der Waals surface area contributed by atoms with Crippen molar-refractivity contribution in [1.82, 2.24) is 10.6 Å². The Bertz CT molecular complexity index is 805. The van der Waals surface area contributed by atoms with Gasteiger partial charge in [0.15, 0.2) is 0 Å². The Balaban J connectivity index is 2.08. The van der Waals surface area contributed by atoms with E-state index in [4.69, 9.17) is 9.47 Å². The predicted octanol–water partition coefficient (Wildman–Crippen LogP) is 3.16. The molecule has 2 N–H and O–H groups in total. The molecule has 0 heterocycles. The van der Waals surface area contributed by atoms with Crippen LogP contribution in [0.25, 0.3) is 0 Å². The van der Waals surface area contributed by atoms with Gasteiger partial charge in [0, 0.05) is 12.1 Å². The molecule has 0 aromatic heterocycles. The first kappa shape index (κ1) is 21.3. The lowest BCUT2D eigenvalue weighted by molar-refractivity contribution is -0.124. The van der Waals surface area contributed by atoms with Gasteiger partial charge in [0.05, 0.1) is 19.3 Å². The molecule has 0 aliphatic rings. The Morgan fingerprint density at radius 1 is 1.00 bits per heavy atom. The molecule has 0 saturated heterocycles. The van der Waals surface area contributed by atoms with E-state index >= 15 is 0 Å². The normalized spacial score (nSPS) is 11.6. The molecule has 0 bridgehead atoms. The number of carbonyl (C=O) groups is 2. The molecule has 1 atom stereocenters. The molecule has 2 aromatic carbocycles. The van der Waals surface area contributed by atoms with Crippen LogP contribution in [0.3, 0.4) is 0 Å². The van der Waals surface area contributed by atoms with Crippen LogP contribution in [0.1, 0.15) is 36.7 Å². The molecule has 0 radical (unpaired) electrons. The summed E-state index contributed by atoms with van der Waals surface area (Å²) in [5.74, 6) is 0.539. The van der Waals surface area contributed by atoms with Crippen LogP contribution in [0.15, 0.2) is 48.5 Å². The highest BCUT2D eigenvalue weighted by molar-refractivity contribution is 5.99. The lowest BCUT2D eigenvalue weighted by Gasteiger charge is -2.22. The number of methoxy groups -OCH3 is 1. The van der Waals surface area contributed by atoms with Crippen molar-refractivity contribution in [2.75, 3.05) is 13.7 Å². The highest BCUT2D eigenvalue weighted by Gasteiger charge is 2.25. The number of hydrogen-bond donors (Lipinski definition) is 2. The summed E-state index contributed by atoms with van der Waals surface area (Å²) in [5, 5.41) is 5.72. The van der Waals surface area contributed by atoms with Crippen LogP contribution in [0, 0.1) is 5.92 Å². The second-order valence-electron chi connectivity index (χ2n) is 6.65. The zero-order valence-electron chi connectivity index (χ0n) is 16.8. The third-order valence-electron chi connectivity index (χ3n) is 4.31. The summed E-state index contributed by atoms with van der Waals surface area (Å²) in [6, 6.07) is 13.8. The molecule has 28 heavy (non-hydrogen) atoms. The van der Waals surface area contributed by atoms with Gasteiger partial charge in [-0.15, -0.1) is 0 Å². The van der Waals surface area contributed by atoms with Gasteiger partial charge in [-0.3, -0.25) is 9.59 Å². The molecule has 0 aliphatic heterocycles. The minimum absolute atomic E-state index is 0.0825. The van der Waals surface area contributed by atoms with Gasteiger partial charge >= 0.3 is 0 Å². The van der Waals surface area contributed by atoms with Gasteiger partial charge < -0.3 is 20.1 Å². The summed E-state index contributed by atoms with van der Waals surface area (Å²) in [7, 11) is 1.59. The van der Waals surface area contributed by atoms with E-state index in [1.165, 1.54) is 0 Å². The fraction of sp³-hybridized carbons (Fsp3) is 0.364. The fourth-order valence-corrected chi connectivity index (χ4v) is 2.83. The number of carbonyl (C=O) groups excluding carboxylic acids is 2. The van der Waals surface area contributed by atoms with Crippen LogP contribution in [0.4, 0.5) is 0 Å². The van der Waals surface area contributed by atoms with E-state index in [-0.39, 0.29) is 17.7 Å². The molecule has 0 fully saturated rings. The third kappa shape index (κ3) is 5.49. The molecule has 6 nitrogen and oxygen atoms in total. The van der Waals surface area contributed by atoms with E-state index < -0.39 is 6.04 Å². The maximum absolute atomic E-state index is 12.7. The third-order valence-corrected chi connectivity index (χ3v) is 4.31. The molecule has 2 amide bonds. The topological polar surface area (TPSA) is 76.7 Å². The van der Waals surface area contributed by atoms with E-state index in [9.17, 15) is 9.59 Å². The zero-order chi connectivity index (χ0) is 20.5. The molecular formula is C22H28N2O4. The Hall–Kier alpha value is -3.02. The van der Waals surface area contributed by atoms with E-state index in [1.54, 1.807) is 25.3 Å². The van der Waals surface area contributed by atoms with Crippen molar-refractivity contribution in [2.45, 2.75) is 33.4 Å². The highest BCUT2D eigenvalue weighted by Crippen LogP contribution is 2.19. The van der Waals surface area contributed by atoms with E-state index in [0.29, 0.717) is 30.2 Å². The first-order chi connectivity index (χ1) is 13.5. The predicted molar refractivity (Wildman–Crippen MR) is 109 cm³/mol. The van der Waals surface area contributed by atoms with Crippen molar-refractivity contribution < 1.29 is 19.1 Å². The van der Waals surface area contributed by atoms with E-state index in [0.717, 1.165) is 5.56 Å². The summed E-state index contributed by atoms with van der Waals surface area (Å²) in [4.78, 5) is 25.5. The largest absolute Gasteiger partial charge is 0.496 e. The van der Waals surface area contributed by atoms with Gasteiger partial charge in [-0.25, -0.2) is 0 Å². The van der Waals surface area contributed by atoms with Gasteiger partial charge in [-0.05, 0) is 31.0 Å². The van der Waals surface area contributed by atoms with Crippen LogP contribution in [-0.4, -0.2) is 31.6 Å². The Morgan fingerprint density at radius 2 is 1.64 bits per heavy atom. The van der Waals surface area contributed by atoms with Gasteiger partial charge in [0.1, 0.15) is 17.5 Å². The summed E-state index contributed by atoms with van der Waals surface area (Å²) >= 11 is 0. The SMILES string of the molecule is CCOc1ccccc1C(=O)N[C@H](C(=O)NCc1ccccc1OC)C(C)C. The molecule has 0 saturated carbocycles. The number of rotatable bonds is 9. The standard InChI is InChI=1S/C22H28N2O4/c1-5-28-19-13-9-7-11-17(19)21(25)24-20(15(2)3)22(26)23-14-16-10-6-8-12-18(16)27-4/h6-13,15,20H,5,14H2,1-4H3,(H,23,26)(H,24,25)/t20-/m0/s1. The Kier molecular flexibility index (Phi) is 7.87. The van der Waals surface area contributed by atoms with E-state index in [1.807, 2.05) is 51.1 Å². The lowest BCUT2D eigenvalue weighted by atomic mass is 10.0. The molecule has 2 rings (SSSR count). The quantitative estimate of drug-likeness (QED) is 0.696. The van der Waals surface area contributed by atoms with Crippen molar-refractivity contribution in [3.05, 3.63) is 59.7 Å². The molecule has 6 heteroatoms. The summed E-state index contributed by atoms with van der Waals surface area (Å²) in [6.45, 7) is 6.41. The van der Waals surface area contributed by atoms with Crippen LogP contribution in [0.5, 0.6) is 11.5 Å². The number of nitrogens with one attached hydrogen (secondary N) is 2. The Labute approximate surface area is 166 Å². The average Bonchev–Trinajstić information content (AvgIpc) is 2.70. The van der Waals surface area contributed by atoms with Crippen molar-refractivity contribution in [3.8, 4) is 11.5 Å². The van der Waals surface area contributed by atoms with Crippen molar-refractivity contribution >= 4 is 11.8 Å². The molecule has 150 valence electrons. The number of para-hydroxylation sites is 2. The molecule has 0 aliphatic carbocycles. The van der Waals surface area contributed by atoms with Crippen molar-refractivity contribution in [1.29, 1.82) is 0 Å². The van der Waals surface area contributed by atoms with Crippen LogP contribution >= 0.6 is 0 Å². The van der Waals surface area contributed by atoms with Crippen LogP contribution in [-0.2, 0) is 11.3 Å². The first-order valence-corrected chi connectivity index (χ1v) is 9.40. The molecular weight excluding hydrogens is 356 g/mol. The maximum Gasteiger partial charge on any atom is 0.255 e. The number of ether oxygens (including phenoxy) is 2. The Morgan fingerprint density at radius 3 is 2.29 bits per heavy atom. The number of hydrogen-bond acceptors (Lipinski definition) is 4. The summed E-state index contributed by atoms with van der Waals surface area (Å²) in [6.07, 6.45) is 0.